The van der Waals surface area contributed by atoms with Gasteiger partial charge in [0.1, 0.15) is 6.10 Å². The minimum Gasteiger partial charge on any atom is -0.462 e. The molecular formula is C14H24O5. The van der Waals surface area contributed by atoms with E-state index in [1.165, 1.54) is 13.8 Å². The van der Waals surface area contributed by atoms with Crippen LogP contribution in [0.25, 0.3) is 0 Å². The van der Waals surface area contributed by atoms with Crippen molar-refractivity contribution in [2.24, 2.45) is 11.8 Å². The molecule has 1 heterocycles. The summed E-state index contributed by atoms with van der Waals surface area (Å²) in [5.41, 5.74) is 0. The highest BCUT2D eigenvalue weighted by atomic mass is 16.7. The Balaban J connectivity index is 2.73. The number of hydrogen-bond acceptors (Lipinski definition) is 5. The number of hydrogen-bond donors (Lipinski definition) is 0. The second kappa shape index (κ2) is 6.89. The average Bonchev–Trinajstić information content (AvgIpc) is 2.70. The highest BCUT2D eigenvalue weighted by Gasteiger charge is 2.43. The first-order chi connectivity index (χ1) is 8.85. The SMILES string of the molecule is CC[C@H](C)[C@@H]1C[C@@H]([C@H](C)OC(C)=O)C(OC(C)=O)O1. The second-order valence-corrected chi connectivity index (χ2v) is 5.25. The van der Waals surface area contributed by atoms with Crippen molar-refractivity contribution in [3.8, 4) is 0 Å². The third-order valence-corrected chi connectivity index (χ3v) is 3.68. The topological polar surface area (TPSA) is 61.8 Å². The molecule has 0 aromatic rings. The molecule has 1 fully saturated rings. The molecule has 1 aliphatic rings. The molecule has 110 valence electrons. The van der Waals surface area contributed by atoms with Gasteiger partial charge in [0.25, 0.3) is 0 Å². The van der Waals surface area contributed by atoms with Crippen molar-refractivity contribution in [2.75, 3.05) is 0 Å². The van der Waals surface area contributed by atoms with Crippen LogP contribution in [0.1, 0.15) is 47.5 Å². The molecule has 19 heavy (non-hydrogen) atoms. The molecule has 0 spiro atoms. The molecule has 1 aliphatic heterocycles. The zero-order valence-corrected chi connectivity index (χ0v) is 12.3. The predicted molar refractivity (Wildman–Crippen MR) is 69.2 cm³/mol. The van der Waals surface area contributed by atoms with Gasteiger partial charge in [-0.15, -0.1) is 0 Å². The lowest BCUT2D eigenvalue weighted by Gasteiger charge is -2.23. The number of esters is 2. The normalized spacial score (nSPS) is 29.6. The van der Waals surface area contributed by atoms with E-state index in [0.717, 1.165) is 12.8 Å². The molecular weight excluding hydrogens is 248 g/mol. The summed E-state index contributed by atoms with van der Waals surface area (Å²) >= 11 is 0. The fourth-order valence-corrected chi connectivity index (χ4v) is 2.38. The molecule has 5 heteroatoms. The fraction of sp³-hybridized carbons (Fsp3) is 0.857. The van der Waals surface area contributed by atoms with Crippen LogP contribution in [-0.2, 0) is 23.8 Å². The molecule has 1 saturated heterocycles. The van der Waals surface area contributed by atoms with E-state index in [-0.39, 0.29) is 30.1 Å². The minimum absolute atomic E-state index is 0.0392. The second-order valence-electron chi connectivity index (χ2n) is 5.25. The van der Waals surface area contributed by atoms with Crippen LogP contribution in [0, 0.1) is 11.8 Å². The van der Waals surface area contributed by atoms with Gasteiger partial charge in [-0.1, -0.05) is 20.3 Å². The van der Waals surface area contributed by atoms with Gasteiger partial charge < -0.3 is 14.2 Å². The molecule has 0 aromatic carbocycles. The standard InChI is InChI=1S/C14H24O5/c1-6-8(2)13-7-12(9(3)17-10(4)15)14(19-13)18-11(5)16/h8-9,12-14H,6-7H2,1-5H3/t8-,9-,12-,13-,14?/m0/s1. The van der Waals surface area contributed by atoms with E-state index < -0.39 is 6.29 Å². The van der Waals surface area contributed by atoms with E-state index in [0.29, 0.717) is 5.92 Å². The number of rotatable bonds is 5. The van der Waals surface area contributed by atoms with E-state index in [4.69, 9.17) is 14.2 Å². The first kappa shape index (κ1) is 16.0. The summed E-state index contributed by atoms with van der Waals surface area (Å²) in [4.78, 5) is 22.2. The van der Waals surface area contributed by atoms with Crippen LogP contribution >= 0.6 is 0 Å². The van der Waals surface area contributed by atoms with Crippen molar-refractivity contribution in [1.82, 2.24) is 0 Å². The van der Waals surface area contributed by atoms with E-state index in [1.54, 1.807) is 0 Å². The maximum Gasteiger partial charge on any atom is 0.304 e. The molecule has 1 unspecified atom stereocenters. The van der Waals surface area contributed by atoms with Gasteiger partial charge in [0.2, 0.25) is 6.29 Å². The summed E-state index contributed by atoms with van der Waals surface area (Å²) in [5.74, 6) is -0.435. The fourth-order valence-electron chi connectivity index (χ4n) is 2.38. The van der Waals surface area contributed by atoms with Gasteiger partial charge in [-0.3, -0.25) is 9.59 Å². The minimum atomic E-state index is -0.620. The zero-order chi connectivity index (χ0) is 14.6. The molecule has 5 nitrogen and oxygen atoms in total. The quantitative estimate of drug-likeness (QED) is 0.718. The van der Waals surface area contributed by atoms with Crippen molar-refractivity contribution in [3.05, 3.63) is 0 Å². The Morgan fingerprint density at radius 3 is 2.37 bits per heavy atom. The molecule has 0 saturated carbocycles. The van der Waals surface area contributed by atoms with Gasteiger partial charge in [0.15, 0.2) is 0 Å². The average molecular weight is 272 g/mol. The Bertz CT molecular complexity index is 328. The Morgan fingerprint density at radius 2 is 1.89 bits per heavy atom. The van der Waals surface area contributed by atoms with E-state index >= 15 is 0 Å². The lowest BCUT2D eigenvalue weighted by molar-refractivity contribution is -0.189. The zero-order valence-electron chi connectivity index (χ0n) is 12.3. The highest BCUT2D eigenvalue weighted by Crippen LogP contribution is 2.35. The van der Waals surface area contributed by atoms with Crippen molar-refractivity contribution in [3.63, 3.8) is 0 Å². The summed E-state index contributed by atoms with van der Waals surface area (Å²) in [7, 11) is 0. The Kier molecular flexibility index (Phi) is 5.79. The van der Waals surface area contributed by atoms with Crippen molar-refractivity contribution >= 4 is 11.9 Å². The summed E-state index contributed by atoms with van der Waals surface area (Å²) < 4.78 is 16.2. The van der Waals surface area contributed by atoms with Crippen molar-refractivity contribution < 1.29 is 23.8 Å². The lowest BCUT2D eigenvalue weighted by atomic mass is 9.92. The molecule has 0 N–H and O–H groups in total. The van der Waals surface area contributed by atoms with E-state index in [9.17, 15) is 9.59 Å². The van der Waals surface area contributed by atoms with E-state index in [1.807, 2.05) is 6.92 Å². The Labute approximate surface area is 114 Å². The molecule has 0 amide bonds. The molecule has 0 aromatic heterocycles. The molecule has 1 rings (SSSR count). The van der Waals surface area contributed by atoms with Gasteiger partial charge in [-0.2, -0.15) is 0 Å². The molecule has 5 atom stereocenters. The van der Waals surface area contributed by atoms with Crippen molar-refractivity contribution in [2.45, 2.75) is 66.0 Å². The number of carbonyl (C=O) groups is 2. The molecule has 0 aliphatic carbocycles. The monoisotopic (exact) mass is 272 g/mol. The molecule has 0 bridgehead atoms. The van der Waals surface area contributed by atoms with Crippen molar-refractivity contribution in [1.29, 1.82) is 0 Å². The first-order valence-corrected chi connectivity index (χ1v) is 6.85. The largest absolute Gasteiger partial charge is 0.462 e. The smallest absolute Gasteiger partial charge is 0.304 e. The van der Waals surface area contributed by atoms with Gasteiger partial charge in [0, 0.05) is 13.8 Å². The Morgan fingerprint density at radius 1 is 1.26 bits per heavy atom. The van der Waals surface area contributed by atoms with Gasteiger partial charge in [-0.05, 0) is 19.3 Å². The number of ether oxygens (including phenoxy) is 3. The van der Waals surface area contributed by atoms with Gasteiger partial charge in [-0.25, -0.2) is 0 Å². The lowest BCUT2D eigenvalue weighted by Crippen LogP contribution is -2.32. The maximum absolute atomic E-state index is 11.1. The van der Waals surface area contributed by atoms with Crippen LogP contribution in [0.2, 0.25) is 0 Å². The Hall–Kier alpha value is -1.10. The number of carbonyl (C=O) groups excluding carboxylic acids is 2. The summed E-state index contributed by atoms with van der Waals surface area (Å²) in [6.45, 7) is 8.74. The van der Waals surface area contributed by atoms with Crippen LogP contribution in [-0.4, -0.2) is 30.4 Å². The van der Waals surface area contributed by atoms with Crippen LogP contribution in [0.15, 0.2) is 0 Å². The summed E-state index contributed by atoms with van der Waals surface area (Å²) in [5, 5.41) is 0. The summed E-state index contributed by atoms with van der Waals surface area (Å²) in [6, 6.07) is 0. The third kappa shape index (κ3) is 4.49. The van der Waals surface area contributed by atoms with Gasteiger partial charge in [0.05, 0.1) is 12.0 Å². The molecule has 0 radical (unpaired) electrons. The van der Waals surface area contributed by atoms with E-state index in [2.05, 4.69) is 13.8 Å². The van der Waals surface area contributed by atoms with Crippen LogP contribution in [0.5, 0.6) is 0 Å². The predicted octanol–water partition coefficient (Wildman–Crippen LogP) is 2.28. The van der Waals surface area contributed by atoms with Crippen LogP contribution < -0.4 is 0 Å². The highest BCUT2D eigenvalue weighted by molar-refractivity contribution is 5.66. The van der Waals surface area contributed by atoms with Crippen LogP contribution in [0.3, 0.4) is 0 Å². The van der Waals surface area contributed by atoms with Crippen LogP contribution in [0.4, 0.5) is 0 Å². The maximum atomic E-state index is 11.1. The summed E-state index contributed by atoms with van der Waals surface area (Å²) in [6.07, 6.45) is 0.826. The third-order valence-electron chi connectivity index (χ3n) is 3.68. The van der Waals surface area contributed by atoms with Gasteiger partial charge >= 0.3 is 11.9 Å². The first-order valence-electron chi connectivity index (χ1n) is 6.85.